The number of furan rings is 1. The number of nitrogens with one attached hydrogen (secondary N) is 2. The molecule has 0 bridgehead atoms. The maximum atomic E-state index is 12.4. The normalized spacial score (nSPS) is 14.4. The summed E-state index contributed by atoms with van der Waals surface area (Å²) in [5, 5.41) is 9.29. The van der Waals surface area contributed by atoms with Crippen molar-refractivity contribution < 1.29 is 22.4 Å². The molecule has 3 heterocycles. The molecule has 2 amide bonds. The van der Waals surface area contributed by atoms with Crippen molar-refractivity contribution in [3.63, 3.8) is 0 Å². The molecule has 0 unspecified atom stereocenters. The Labute approximate surface area is 160 Å². The van der Waals surface area contributed by atoms with E-state index >= 15 is 0 Å². The maximum absolute atomic E-state index is 12.4. The molecule has 0 fully saturated rings. The molecule has 0 saturated heterocycles. The fourth-order valence-corrected chi connectivity index (χ4v) is 4.45. The van der Waals surface area contributed by atoms with Crippen LogP contribution in [-0.4, -0.2) is 30.0 Å². The van der Waals surface area contributed by atoms with Gasteiger partial charge in [0.2, 0.25) is 0 Å². The molecule has 0 atom stereocenters. The summed E-state index contributed by atoms with van der Waals surface area (Å²) in [5.74, 6) is -1.54. The Balaban J connectivity index is 1.59. The highest BCUT2D eigenvalue weighted by Crippen LogP contribution is 2.32. The SMILES string of the molecule is O=C(NCc1ccco1)C(=O)Nc1c2c(nn1-c1ccccc1)CS(=O)(=O)C2. The molecule has 1 aliphatic heterocycles. The number of benzene rings is 1. The van der Waals surface area contributed by atoms with E-state index in [-0.39, 0.29) is 23.9 Å². The third-order valence-corrected chi connectivity index (χ3v) is 5.67. The molecule has 1 aromatic carbocycles. The van der Waals surface area contributed by atoms with Crippen LogP contribution < -0.4 is 10.6 Å². The van der Waals surface area contributed by atoms with Crippen LogP contribution in [0.3, 0.4) is 0 Å². The molecule has 9 nitrogen and oxygen atoms in total. The summed E-state index contributed by atoms with van der Waals surface area (Å²) in [5.41, 5.74) is 1.41. The van der Waals surface area contributed by atoms with Crippen LogP contribution in [0.15, 0.2) is 53.1 Å². The monoisotopic (exact) mass is 400 g/mol. The summed E-state index contributed by atoms with van der Waals surface area (Å²) >= 11 is 0. The Morgan fingerprint density at radius 1 is 1.07 bits per heavy atom. The topological polar surface area (TPSA) is 123 Å². The number of anilines is 1. The first-order chi connectivity index (χ1) is 13.4. The molecule has 2 N–H and O–H groups in total. The minimum atomic E-state index is -3.32. The number of hydrogen-bond donors (Lipinski definition) is 2. The average molecular weight is 400 g/mol. The molecule has 3 aromatic rings. The van der Waals surface area contributed by atoms with Crippen molar-refractivity contribution in [2.75, 3.05) is 5.32 Å². The van der Waals surface area contributed by atoms with Gasteiger partial charge in [0.25, 0.3) is 0 Å². The quantitative estimate of drug-likeness (QED) is 0.633. The van der Waals surface area contributed by atoms with Crippen molar-refractivity contribution in [1.82, 2.24) is 15.1 Å². The summed E-state index contributed by atoms with van der Waals surface area (Å²) in [6.45, 7) is 0.0592. The molecular formula is C18H16N4O5S. The molecule has 144 valence electrons. The first-order valence-corrected chi connectivity index (χ1v) is 10.2. The molecule has 10 heteroatoms. The zero-order chi connectivity index (χ0) is 19.7. The predicted octanol–water partition coefficient (Wildman–Crippen LogP) is 1.15. The fraction of sp³-hybridized carbons (Fsp3) is 0.167. The van der Waals surface area contributed by atoms with Gasteiger partial charge in [-0.25, -0.2) is 13.1 Å². The second-order valence-electron chi connectivity index (χ2n) is 6.27. The Morgan fingerprint density at radius 2 is 1.86 bits per heavy atom. The van der Waals surface area contributed by atoms with E-state index in [2.05, 4.69) is 15.7 Å². The van der Waals surface area contributed by atoms with E-state index < -0.39 is 21.7 Å². The molecule has 0 saturated carbocycles. The average Bonchev–Trinajstić information content (AvgIpc) is 3.36. The summed E-state index contributed by atoms with van der Waals surface area (Å²) < 4.78 is 30.4. The van der Waals surface area contributed by atoms with Crippen molar-refractivity contribution in [2.45, 2.75) is 18.1 Å². The second-order valence-corrected chi connectivity index (χ2v) is 8.33. The van der Waals surface area contributed by atoms with E-state index in [1.54, 1.807) is 36.4 Å². The number of carbonyl (C=O) groups excluding carboxylic acids is 2. The predicted molar refractivity (Wildman–Crippen MR) is 99.1 cm³/mol. The Kier molecular flexibility index (Phi) is 4.47. The first-order valence-electron chi connectivity index (χ1n) is 8.41. The maximum Gasteiger partial charge on any atom is 0.314 e. The number of fused-ring (bicyclic) bond motifs is 1. The van der Waals surface area contributed by atoms with Gasteiger partial charge in [-0.05, 0) is 24.3 Å². The van der Waals surface area contributed by atoms with Gasteiger partial charge in [-0.15, -0.1) is 0 Å². The van der Waals surface area contributed by atoms with Gasteiger partial charge in [-0.1, -0.05) is 18.2 Å². The van der Waals surface area contributed by atoms with Gasteiger partial charge >= 0.3 is 11.8 Å². The highest BCUT2D eigenvalue weighted by Gasteiger charge is 2.33. The van der Waals surface area contributed by atoms with E-state index in [9.17, 15) is 18.0 Å². The van der Waals surface area contributed by atoms with Gasteiger partial charge in [-0.2, -0.15) is 5.10 Å². The number of sulfone groups is 1. The number of aromatic nitrogens is 2. The van der Waals surface area contributed by atoms with E-state index in [4.69, 9.17) is 4.42 Å². The zero-order valence-corrected chi connectivity index (χ0v) is 15.4. The molecule has 0 spiro atoms. The van der Waals surface area contributed by atoms with Crippen LogP contribution in [0.5, 0.6) is 0 Å². The van der Waals surface area contributed by atoms with Crippen molar-refractivity contribution in [3.05, 3.63) is 65.7 Å². The molecule has 0 aliphatic carbocycles. The number of rotatable bonds is 4. The lowest BCUT2D eigenvalue weighted by molar-refractivity contribution is -0.136. The van der Waals surface area contributed by atoms with Crippen molar-refractivity contribution in [1.29, 1.82) is 0 Å². The van der Waals surface area contributed by atoms with E-state index in [1.165, 1.54) is 10.9 Å². The van der Waals surface area contributed by atoms with E-state index in [0.717, 1.165) is 0 Å². The molecular weight excluding hydrogens is 384 g/mol. The molecule has 28 heavy (non-hydrogen) atoms. The summed E-state index contributed by atoms with van der Waals surface area (Å²) in [6, 6.07) is 12.3. The Hall–Kier alpha value is -3.40. The number of nitrogens with zero attached hydrogens (tertiary/aromatic N) is 2. The summed E-state index contributed by atoms with van der Waals surface area (Å²) in [4.78, 5) is 24.5. The first kappa shape index (κ1) is 18.0. The van der Waals surface area contributed by atoms with Crippen molar-refractivity contribution in [2.24, 2.45) is 0 Å². The third-order valence-electron chi connectivity index (χ3n) is 4.23. The minimum absolute atomic E-state index is 0.0592. The Bertz CT molecular complexity index is 1130. The second kappa shape index (κ2) is 6.97. The van der Waals surface area contributed by atoms with Gasteiger partial charge in [-0.3, -0.25) is 9.59 Å². The number of carbonyl (C=O) groups is 2. The number of para-hydroxylation sites is 1. The highest BCUT2D eigenvalue weighted by molar-refractivity contribution is 7.90. The van der Waals surface area contributed by atoms with E-state index in [0.29, 0.717) is 22.7 Å². The van der Waals surface area contributed by atoms with Gasteiger partial charge in [0, 0.05) is 5.56 Å². The minimum Gasteiger partial charge on any atom is -0.467 e. The zero-order valence-electron chi connectivity index (χ0n) is 14.6. The Morgan fingerprint density at radius 3 is 2.57 bits per heavy atom. The van der Waals surface area contributed by atoms with Crippen LogP contribution in [0.2, 0.25) is 0 Å². The number of hydrogen-bond acceptors (Lipinski definition) is 6. The fourth-order valence-electron chi connectivity index (χ4n) is 2.95. The van der Waals surface area contributed by atoms with Crippen molar-refractivity contribution >= 4 is 27.5 Å². The molecule has 0 radical (unpaired) electrons. The molecule has 1 aliphatic rings. The largest absolute Gasteiger partial charge is 0.467 e. The number of amides is 2. The highest BCUT2D eigenvalue weighted by atomic mass is 32.2. The smallest absolute Gasteiger partial charge is 0.314 e. The van der Waals surface area contributed by atoms with Gasteiger partial charge in [0.1, 0.15) is 11.6 Å². The van der Waals surface area contributed by atoms with E-state index in [1.807, 2.05) is 6.07 Å². The van der Waals surface area contributed by atoms with Crippen LogP contribution in [-0.2, 0) is 37.5 Å². The molecule has 2 aromatic heterocycles. The van der Waals surface area contributed by atoms with Gasteiger partial charge in [0.15, 0.2) is 9.84 Å². The van der Waals surface area contributed by atoms with Gasteiger partial charge < -0.3 is 15.1 Å². The lowest BCUT2D eigenvalue weighted by Crippen LogP contribution is -2.35. The van der Waals surface area contributed by atoms with Crippen LogP contribution in [0.4, 0.5) is 5.82 Å². The lowest BCUT2D eigenvalue weighted by Gasteiger charge is -2.11. The summed E-state index contributed by atoms with van der Waals surface area (Å²) in [7, 11) is -3.32. The van der Waals surface area contributed by atoms with Gasteiger partial charge in [0.05, 0.1) is 35.7 Å². The summed E-state index contributed by atoms with van der Waals surface area (Å²) in [6.07, 6.45) is 1.46. The third kappa shape index (κ3) is 3.54. The van der Waals surface area contributed by atoms with Crippen LogP contribution in [0.1, 0.15) is 17.0 Å². The van der Waals surface area contributed by atoms with Crippen molar-refractivity contribution in [3.8, 4) is 5.69 Å². The lowest BCUT2D eigenvalue weighted by atomic mass is 10.2. The van der Waals surface area contributed by atoms with Crippen LogP contribution >= 0.6 is 0 Å². The molecule has 4 rings (SSSR count). The standard InChI is InChI=1S/C18H16N4O5S/c23-17(19-9-13-7-4-8-27-13)18(24)20-16-14-10-28(25,26)11-15(14)21-22(16)12-5-2-1-3-6-12/h1-8H,9-11H2,(H,19,23)(H,20,24). The van der Waals surface area contributed by atoms with Crippen LogP contribution in [0, 0.1) is 0 Å². The van der Waals surface area contributed by atoms with Crippen LogP contribution in [0.25, 0.3) is 5.69 Å².